The first-order valence-corrected chi connectivity index (χ1v) is 14.4. The third-order valence-electron chi connectivity index (χ3n) is 5.97. The molecule has 0 aliphatic rings. The van der Waals surface area contributed by atoms with Crippen molar-refractivity contribution >= 4 is 27.5 Å². The quantitative estimate of drug-likeness (QED) is 0.359. The molecule has 0 unspecified atom stereocenters. The summed E-state index contributed by atoms with van der Waals surface area (Å²) in [5.41, 5.74) is 1.01. The Morgan fingerprint density at radius 2 is 1.64 bits per heavy atom. The highest BCUT2D eigenvalue weighted by Crippen LogP contribution is 2.22. The van der Waals surface area contributed by atoms with Crippen molar-refractivity contribution in [2.24, 2.45) is 0 Å². The predicted molar refractivity (Wildman–Crippen MR) is 142 cm³/mol. The highest BCUT2D eigenvalue weighted by molar-refractivity contribution is 7.92. The first-order chi connectivity index (χ1) is 17.2. The Morgan fingerprint density at radius 3 is 2.25 bits per heavy atom. The van der Waals surface area contributed by atoms with Crippen LogP contribution in [0.25, 0.3) is 0 Å². The van der Waals surface area contributed by atoms with Crippen LogP contribution in [0, 0.1) is 5.82 Å². The normalized spacial score (nSPS) is 12.1. The lowest BCUT2D eigenvalue weighted by Crippen LogP contribution is -2.50. The van der Waals surface area contributed by atoms with Gasteiger partial charge in [0.15, 0.2) is 0 Å². The second kappa shape index (κ2) is 14.6. The van der Waals surface area contributed by atoms with Crippen molar-refractivity contribution in [2.75, 3.05) is 30.2 Å². The van der Waals surface area contributed by atoms with E-state index in [1.54, 1.807) is 11.0 Å². The van der Waals surface area contributed by atoms with Gasteiger partial charge in [0.25, 0.3) is 0 Å². The summed E-state index contributed by atoms with van der Waals surface area (Å²) < 4.78 is 39.9. The molecular weight excluding hydrogens is 481 g/mol. The molecule has 1 N–H and O–H groups in total. The van der Waals surface area contributed by atoms with Gasteiger partial charge in [0.2, 0.25) is 21.8 Å². The largest absolute Gasteiger partial charge is 0.354 e. The molecule has 0 radical (unpaired) electrons. The van der Waals surface area contributed by atoms with Crippen molar-refractivity contribution in [3.63, 3.8) is 0 Å². The number of sulfonamides is 1. The van der Waals surface area contributed by atoms with E-state index >= 15 is 0 Å². The number of benzene rings is 2. The van der Waals surface area contributed by atoms with Crippen LogP contribution >= 0.6 is 0 Å². The van der Waals surface area contributed by atoms with Gasteiger partial charge in [-0.15, -0.1) is 0 Å². The molecule has 0 bridgehead atoms. The number of hydrogen-bond donors (Lipinski definition) is 1. The molecule has 9 heteroatoms. The Balaban J connectivity index is 2.14. The van der Waals surface area contributed by atoms with E-state index in [1.165, 1.54) is 18.2 Å². The highest BCUT2D eigenvalue weighted by Gasteiger charge is 2.28. The summed E-state index contributed by atoms with van der Waals surface area (Å²) in [6, 6.07) is 14.8. The third-order valence-corrected chi connectivity index (χ3v) is 7.15. The fourth-order valence-electron chi connectivity index (χ4n) is 4.04. The minimum absolute atomic E-state index is 0.0357. The van der Waals surface area contributed by atoms with Crippen molar-refractivity contribution < 1.29 is 22.4 Å². The maximum atomic E-state index is 14.3. The zero-order valence-electron chi connectivity index (χ0n) is 21.5. The number of halogens is 1. The summed E-state index contributed by atoms with van der Waals surface area (Å²) in [4.78, 5) is 27.8. The number of amides is 2. The summed E-state index contributed by atoms with van der Waals surface area (Å²) in [7, 11) is -3.75. The Morgan fingerprint density at radius 1 is 0.972 bits per heavy atom. The molecule has 0 aromatic heterocycles. The minimum atomic E-state index is -3.75. The van der Waals surface area contributed by atoms with Gasteiger partial charge in [-0.2, -0.15) is 0 Å². The lowest BCUT2D eigenvalue weighted by atomic mass is 10.1. The van der Waals surface area contributed by atoms with E-state index in [0.717, 1.165) is 29.0 Å². The van der Waals surface area contributed by atoms with Gasteiger partial charge in [-0.3, -0.25) is 13.9 Å². The SMILES string of the molecule is CCCCNC(=O)[C@H](CC)N(CCc1ccccc1)C(=O)CCCN(c1ccccc1F)S(C)(=O)=O. The van der Waals surface area contributed by atoms with Crippen molar-refractivity contribution in [3.8, 4) is 0 Å². The van der Waals surface area contributed by atoms with Crippen LogP contribution in [0.15, 0.2) is 54.6 Å². The molecule has 0 fully saturated rings. The molecule has 1 atom stereocenters. The molecule has 0 spiro atoms. The smallest absolute Gasteiger partial charge is 0.242 e. The number of anilines is 1. The van der Waals surface area contributed by atoms with Crippen LogP contribution in [-0.4, -0.2) is 57.1 Å². The van der Waals surface area contributed by atoms with Gasteiger partial charge in [-0.25, -0.2) is 12.8 Å². The van der Waals surface area contributed by atoms with Crippen LogP contribution in [0.2, 0.25) is 0 Å². The van der Waals surface area contributed by atoms with E-state index in [9.17, 15) is 22.4 Å². The van der Waals surface area contributed by atoms with E-state index in [1.807, 2.05) is 44.2 Å². The van der Waals surface area contributed by atoms with Gasteiger partial charge >= 0.3 is 0 Å². The van der Waals surface area contributed by atoms with Crippen LogP contribution in [-0.2, 0) is 26.0 Å². The molecular formula is C27H38FN3O4S. The van der Waals surface area contributed by atoms with Crippen LogP contribution in [0.4, 0.5) is 10.1 Å². The van der Waals surface area contributed by atoms with Crippen molar-refractivity contribution in [1.29, 1.82) is 0 Å². The zero-order valence-corrected chi connectivity index (χ0v) is 22.3. The van der Waals surface area contributed by atoms with Crippen LogP contribution in [0.5, 0.6) is 0 Å². The Labute approximate surface area is 214 Å². The van der Waals surface area contributed by atoms with E-state index in [4.69, 9.17) is 0 Å². The molecule has 0 aliphatic heterocycles. The number of para-hydroxylation sites is 1. The first kappa shape index (κ1) is 29.3. The minimum Gasteiger partial charge on any atom is -0.354 e. The van der Waals surface area contributed by atoms with E-state index in [0.29, 0.717) is 25.9 Å². The van der Waals surface area contributed by atoms with Crippen molar-refractivity contribution in [3.05, 3.63) is 66.0 Å². The molecule has 2 rings (SSSR count). The van der Waals surface area contributed by atoms with Gasteiger partial charge in [0.05, 0.1) is 11.9 Å². The molecule has 36 heavy (non-hydrogen) atoms. The third kappa shape index (κ3) is 8.93. The average Bonchev–Trinajstić information content (AvgIpc) is 2.85. The molecule has 0 saturated carbocycles. The van der Waals surface area contributed by atoms with Crippen molar-refractivity contribution in [1.82, 2.24) is 10.2 Å². The fraction of sp³-hybridized carbons (Fsp3) is 0.481. The summed E-state index contributed by atoms with van der Waals surface area (Å²) in [6.07, 6.45) is 4.11. The lowest BCUT2D eigenvalue weighted by molar-refractivity contribution is -0.140. The van der Waals surface area contributed by atoms with E-state index < -0.39 is 21.9 Å². The molecule has 0 heterocycles. The second-order valence-corrected chi connectivity index (χ2v) is 10.7. The molecule has 7 nitrogen and oxygen atoms in total. The number of hydrogen-bond acceptors (Lipinski definition) is 4. The molecule has 2 aromatic carbocycles. The maximum Gasteiger partial charge on any atom is 0.242 e. The maximum absolute atomic E-state index is 14.3. The van der Waals surface area contributed by atoms with Gasteiger partial charge < -0.3 is 10.2 Å². The highest BCUT2D eigenvalue weighted by atomic mass is 32.2. The van der Waals surface area contributed by atoms with E-state index in [-0.39, 0.29) is 36.9 Å². The van der Waals surface area contributed by atoms with Crippen LogP contribution in [0.1, 0.15) is 51.5 Å². The summed E-state index contributed by atoms with van der Waals surface area (Å²) >= 11 is 0. The molecule has 198 valence electrons. The number of nitrogens with zero attached hydrogens (tertiary/aromatic N) is 2. The molecule has 2 amide bonds. The standard InChI is InChI=1S/C27H38FN3O4S/c1-4-6-19-29-27(33)24(5-2)30(21-18-22-13-8-7-9-14-22)26(32)17-12-20-31(36(3,34)35)25-16-11-10-15-23(25)28/h7-11,13-16,24H,4-6,12,17-21H2,1-3H3,(H,29,33)/t24-/m0/s1. The Kier molecular flexibility index (Phi) is 11.9. The number of rotatable bonds is 15. The number of unbranched alkanes of at least 4 members (excludes halogenated alkanes) is 1. The monoisotopic (exact) mass is 519 g/mol. The zero-order chi connectivity index (χ0) is 26.6. The fourth-order valence-corrected chi connectivity index (χ4v) is 5.00. The molecule has 2 aromatic rings. The first-order valence-electron chi connectivity index (χ1n) is 12.5. The Bertz CT molecular complexity index is 1080. The molecule has 0 aliphatic carbocycles. The van der Waals surface area contributed by atoms with Crippen LogP contribution < -0.4 is 9.62 Å². The second-order valence-electron chi connectivity index (χ2n) is 8.78. The van der Waals surface area contributed by atoms with Gasteiger partial charge in [-0.1, -0.05) is 62.7 Å². The lowest BCUT2D eigenvalue weighted by Gasteiger charge is -2.31. The van der Waals surface area contributed by atoms with Gasteiger partial charge in [-0.05, 0) is 43.4 Å². The average molecular weight is 520 g/mol. The number of carbonyl (C=O) groups is 2. The topological polar surface area (TPSA) is 86.8 Å². The van der Waals surface area contributed by atoms with Gasteiger partial charge in [0.1, 0.15) is 11.9 Å². The van der Waals surface area contributed by atoms with Crippen LogP contribution in [0.3, 0.4) is 0 Å². The predicted octanol–water partition coefficient (Wildman–Crippen LogP) is 4.14. The summed E-state index contributed by atoms with van der Waals surface area (Å²) in [6.45, 7) is 4.79. The van der Waals surface area contributed by atoms with Gasteiger partial charge in [0, 0.05) is 26.1 Å². The van der Waals surface area contributed by atoms with E-state index in [2.05, 4.69) is 5.32 Å². The molecule has 0 saturated heterocycles. The van der Waals surface area contributed by atoms with Crippen molar-refractivity contribution in [2.45, 2.75) is 58.4 Å². The summed E-state index contributed by atoms with van der Waals surface area (Å²) in [5, 5.41) is 2.93. The Hall–Kier alpha value is -2.94. The summed E-state index contributed by atoms with van der Waals surface area (Å²) in [5.74, 6) is -1.06. The number of carbonyl (C=O) groups excluding carboxylic acids is 2. The number of nitrogens with one attached hydrogen (secondary N) is 1.